The van der Waals surface area contributed by atoms with Gasteiger partial charge in [-0.05, 0) is 30.5 Å². The number of aromatic hydroxyl groups is 1. The number of carbonyl (C=O) groups is 1. The van der Waals surface area contributed by atoms with Gasteiger partial charge in [0.25, 0.3) is 5.91 Å². The van der Waals surface area contributed by atoms with E-state index >= 15 is 0 Å². The first-order valence-electron chi connectivity index (χ1n) is 4.83. The molecular weight excluding hydrogens is 190 g/mol. The van der Waals surface area contributed by atoms with Crippen molar-refractivity contribution < 1.29 is 9.90 Å². The summed E-state index contributed by atoms with van der Waals surface area (Å²) in [5.41, 5.74) is 3.83. The van der Waals surface area contributed by atoms with E-state index in [4.69, 9.17) is 0 Å². The topological polar surface area (TPSA) is 49.3 Å². The Hall–Kier alpha value is -1.77. The van der Waals surface area contributed by atoms with Gasteiger partial charge in [0.05, 0.1) is 0 Å². The Morgan fingerprint density at radius 2 is 2.07 bits per heavy atom. The number of carbonyl (C=O) groups excluding carboxylic acids is 1. The first-order chi connectivity index (χ1) is 7.07. The maximum atomic E-state index is 11.6. The third-order valence-electron chi connectivity index (χ3n) is 3.00. The van der Waals surface area contributed by atoms with Gasteiger partial charge in [-0.3, -0.25) is 4.79 Å². The van der Waals surface area contributed by atoms with Crippen LogP contribution in [0.3, 0.4) is 0 Å². The highest BCUT2D eigenvalue weighted by atomic mass is 16.3. The first-order valence-corrected chi connectivity index (χ1v) is 4.83. The van der Waals surface area contributed by atoms with Crippen LogP contribution in [0, 0.1) is 13.8 Å². The molecule has 0 unspecified atom stereocenters. The zero-order valence-corrected chi connectivity index (χ0v) is 8.85. The Labute approximate surface area is 88.4 Å². The van der Waals surface area contributed by atoms with Crippen LogP contribution in [0.1, 0.15) is 32.6 Å². The molecule has 1 aliphatic rings. The van der Waals surface area contributed by atoms with Crippen LogP contribution in [0.15, 0.2) is 6.58 Å². The number of nitrogens with one attached hydrogen (secondary N) is 1. The van der Waals surface area contributed by atoms with Crippen molar-refractivity contribution in [2.24, 2.45) is 0 Å². The molecule has 0 spiro atoms. The lowest BCUT2D eigenvalue weighted by Crippen LogP contribution is -2.13. The van der Waals surface area contributed by atoms with Crippen LogP contribution in [0.2, 0.25) is 0 Å². The summed E-state index contributed by atoms with van der Waals surface area (Å²) in [7, 11) is 0. The van der Waals surface area contributed by atoms with Crippen molar-refractivity contribution in [3.05, 3.63) is 34.4 Å². The molecule has 15 heavy (non-hydrogen) atoms. The fourth-order valence-corrected chi connectivity index (χ4v) is 2.11. The van der Waals surface area contributed by atoms with Crippen LogP contribution in [0.25, 0.3) is 6.08 Å². The van der Waals surface area contributed by atoms with Gasteiger partial charge in [-0.15, -0.1) is 0 Å². The Bertz CT molecular complexity index is 475. The fraction of sp³-hybridized carbons (Fsp3) is 0.250. The number of rotatable bonds is 1. The van der Waals surface area contributed by atoms with Crippen LogP contribution in [0.4, 0.5) is 0 Å². The number of amides is 1. The SMILES string of the molecule is C=Cc1c(C)c2c(c(C)c1O)CNC2=O. The summed E-state index contributed by atoms with van der Waals surface area (Å²) in [6.45, 7) is 7.81. The van der Waals surface area contributed by atoms with E-state index in [0.29, 0.717) is 17.7 Å². The van der Waals surface area contributed by atoms with E-state index in [1.807, 2.05) is 13.8 Å². The monoisotopic (exact) mass is 203 g/mol. The molecule has 0 fully saturated rings. The maximum absolute atomic E-state index is 11.6. The predicted molar refractivity (Wildman–Crippen MR) is 58.8 cm³/mol. The van der Waals surface area contributed by atoms with Crippen LogP contribution < -0.4 is 5.32 Å². The number of hydrogen-bond acceptors (Lipinski definition) is 2. The average molecular weight is 203 g/mol. The van der Waals surface area contributed by atoms with Crippen molar-refractivity contribution >= 4 is 12.0 Å². The molecule has 0 radical (unpaired) electrons. The lowest BCUT2D eigenvalue weighted by Gasteiger charge is -2.12. The molecule has 1 aromatic carbocycles. The maximum Gasteiger partial charge on any atom is 0.252 e. The number of phenolic OH excluding ortho intramolecular Hbond substituents is 1. The summed E-state index contributed by atoms with van der Waals surface area (Å²) >= 11 is 0. The summed E-state index contributed by atoms with van der Waals surface area (Å²) in [5.74, 6) is 0.173. The predicted octanol–water partition coefficient (Wildman–Crippen LogP) is 1.90. The molecule has 78 valence electrons. The molecule has 1 amide bonds. The molecule has 0 bridgehead atoms. The second-order valence-electron chi connectivity index (χ2n) is 3.75. The number of phenols is 1. The first kappa shape index (κ1) is 9.77. The minimum atomic E-state index is -0.0614. The zero-order valence-electron chi connectivity index (χ0n) is 8.85. The zero-order chi connectivity index (χ0) is 11.2. The van der Waals surface area contributed by atoms with E-state index in [0.717, 1.165) is 16.7 Å². The average Bonchev–Trinajstić information content (AvgIpc) is 2.58. The summed E-state index contributed by atoms with van der Waals surface area (Å²) in [6.07, 6.45) is 1.59. The molecule has 2 N–H and O–H groups in total. The van der Waals surface area contributed by atoms with Gasteiger partial charge in [-0.2, -0.15) is 0 Å². The highest BCUT2D eigenvalue weighted by Gasteiger charge is 2.26. The highest BCUT2D eigenvalue weighted by Crippen LogP contribution is 2.35. The van der Waals surface area contributed by atoms with Gasteiger partial charge in [0, 0.05) is 17.7 Å². The van der Waals surface area contributed by atoms with Gasteiger partial charge in [0.1, 0.15) is 5.75 Å². The molecule has 1 aliphatic heterocycles. The van der Waals surface area contributed by atoms with Crippen molar-refractivity contribution in [3.8, 4) is 5.75 Å². The summed E-state index contributed by atoms with van der Waals surface area (Å²) in [5, 5.41) is 12.7. The van der Waals surface area contributed by atoms with E-state index in [9.17, 15) is 9.90 Å². The molecule has 1 heterocycles. The standard InChI is InChI=1S/C12H13NO2/c1-4-8-6(2)10-9(5-13-12(10)15)7(3)11(8)14/h4,14H,1,5H2,2-3H3,(H,13,15). The molecule has 0 aliphatic carbocycles. The third kappa shape index (κ3) is 1.16. The van der Waals surface area contributed by atoms with Crippen molar-refractivity contribution in [3.63, 3.8) is 0 Å². The Balaban J connectivity index is 2.86. The van der Waals surface area contributed by atoms with Gasteiger partial charge in [0.2, 0.25) is 0 Å². The highest BCUT2D eigenvalue weighted by molar-refractivity contribution is 6.01. The van der Waals surface area contributed by atoms with Crippen LogP contribution >= 0.6 is 0 Å². The molecule has 0 saturated carbocycles. The largest absolute Gasteiger partial charge is 0.507 e. The van der Waals surface area contributed by atoms with Gasteiger partial charge < -0.3 is 10.4 Å². The Morgan fingerprint density at radius 1 is 1.40 bits per heavy atom. The molecule has 3 nitrogen and oxygen atoms in total. The minimum absolute atomic E-state index is 0.0614. The van der Waals surface area contributed by atoms with E-state index < -0.39 is 0 Å². The normalized spacial score (nSPS) is 13.6. The smallest absolute Gasteiger partial charge is 0.252 e. The van der Waals surface area contributed by atoms with E-state index in [1.54, 1.807) is 6.08 Å². The number of fused-ring (bicyclic) bond motifs is 1. The van der Waals surface area contributed by atoms with E-state index in [2.05, 4.69) is 11.9 Å². The van der Waals surface area contributed by atoms with Gasteiger partial charge in [-0.25, -0.2) is 0 Å². The second-order valence-corrected chi connectivity index (χ2v) is 3.75. The van der Waals surface area contributed by atoms with Crippen molar-refractivity contribution in [2.45, 2.75) is 20.4 Å². The van der Waals surface area contributed by atoms with Gasteiger partial charge in [0.15, 0.2) is 0 Å². The Kier molecular flexibility index (Phi) is 2.03. The van der Waals surface area contributed by atoms with Gasteiger partial charge in [-0.1, -0.05) is 12.7 Å². The molecule has 0 atom stereocenters. The second kappa shape index (κ2) is 3.12. The molecule has 0 saturated heterocycles. The number of benzene rings is 1. The number of hydrogen-bond donors (Lipinski definition) is 2. The Morgan fingerprint density at radius 3 is 2.67 bits per heavy atom. The van der Waals surface area contributed by atoms with Gasteiger partial charge >= 0.3 is 0 Å². The minimum Gasteiger partial charge on any atom is -0.507 e. The molecule has 2 rings (SSSR count). The van der Waals surface area contributed by atoms with Crippen LogP contribution in [-0.4, -0.2) is 11.0 Å². The molecular formula is C12H13NO2. The molecule has 1 aromatic rings. The van der Waals surface area contributed by atoms with Crippen molar-refractivity contribution in [1.82, 2.24) is 5.32 Å². The summed E-state index contributed by atoms with van der Waals surface area (Å²) in [6, 6.07) is 0. The molecule has 3 heteroatoms. The summed E-state index contributed by atoms with van der Waals surface area (Å²) in [4.78, 5) is 11.6. The molecule has 0 aromatic heterocycles. The quantitative estimate of drug-likeness (QED) is 0.732. The van der Waals surface area contributed by atoms with Crippen LogP contribution in [0.5, 0.6) is 5.75 Å². The van der Waals surface area contributed by atoms with E-state index in [1.165, 1.54) is 0 Å². The summed E-state index contributed by atoms with van der Waals surface area (Å²) < 4.78 is 0. The lowest BCUT2D eigenvalue weighted by molar-refractivity contribution is 0.0965. The third-order valence-corrected chi connectivity index (χ3v) is 3.00. The fourth-order valence-electron chi connectivity index (χ4n) is 2.11. The lowest BCUT2D eigenvalue weighted by atomic mass is 9.93. The van der Waals surface area contributed by atoms with Crippen molar-refractivity contribution in [2.75, 3.05) is 0 Å². The van der Waals surface area contributed by atoms with Crippen LogP contribution in [-0.2, 0) is 6.54 Å². The van der Waals surface area contributed by atoms with E-state index in [-0.39, 0.29) is 11.7 Å². The van der Waals surface area contributed by atoms with Crippen molar-refractivity contribution in [1.29, 1.82) is 0 Å².